The Kier molecular flexibility index (Phi) is 4.29. The molecule has 0 saturated heterocycles. The minimum atomic E-state index is 0.905. The van der Waals surface area contributed by atoms with Gasteiger partial charge in [-0.1, -0.05) is 55.6 Å². The number of hydrogen-bond donors (Lipinski definition) is 2. The molecule has 2 N–H and O–H groups in total. The van der Waals surface area contributed by atoms with Gasteiger partial charge in [-0.25, -0.2) is 0 Å². The van der Waals surface area contributed by atoms with Crippen LogP contribution in [0, 0.1) is 0 Å². The molecule has 0 bridgehead atoms. The summed E-state index contributed by atoms with van der Waals surface area (Å²) in [5, 5.41) is 6.91. The largest absolute Gasteiger partial charge is 0.382 e. The third kappa shape index (κ3) is 3.22. The van der Waals surface area contributed by atoms with E-state index in [0.29, 0.717) is 0 Å². The van der Waals surface area contributed by atoms with Crippen LogP contribution in [-0.4, -0.2) is 6.54 Å². The van der Waals surface area contributed by atoms with E-state index in [1.54, 1.807) is 0 Å². The molecule has 2 heteroatoms. The van der Waals surface area contributed by atoms with E-state index in [4.69, 9.17) is 0 Å². The first-order chi connectivity index (χ1) is 10.7. The van der Waals surface area contributed by atoms with E-state index in [1.807, 2.05) is 0 Å². The van der Waals surface area contributed by atoms with Crippen molar-refractivity contribution in [3.05, 3.63) is 78.5 Å². The highest BCUT2D eigenvalue weighted by Crippen LogP contribution is 2.34. The summed E-state index contributed by atoms with van der Waals surface area (Å²) in [5.74, 6) is 0. The van der Waals surface area contributed by atoms with E-state index in [-0.39, 0.29) is 0 Å². The Morgan fingerprint density at radius 1 is 1.05 bits per heavy atom. The third-order valence-corrected chi connectivity index (χ3v) is 4.04. The Morgan fingerprint density at radius 2 is 1.86 bits per heavy atom. The first kappa shape index (κ1) is 14.5. The summed E-state index contributed by atoms with van der Waals surface area (Å²) in [7, 11) is 0. The predicted molar refractivity (Wildman–Crippen MR) is 96.1 cm³/mol. The smallest absolute Gasteiger partial charge is 0.0655 e. The average Bonchev–Trinajstić information content (AvgIpc) is 2.74. The van der Waals surface area contributed by atoms with Crippen molar-refractivity contribution in [2.45, 2.75) is 19.3 Å². The second-order valence-corrected chi connectivity index (χ2v) is 5.72. The van der Waals surface area contributed by atoms with Crippen LogP contribution in [-0.2, 0) is 6.42 Å². The highest BCUT2D eigenvalue weighted by atomic mass is 15.0. The van der Waals surface area contributed by atoms with Gasteiger partial charge in [-0.2, -0.15) is 0 Å². The molecular formula is C20H22N2. The molecule has 0 radical (unpaired) electrons. The van der Waals surface area contributed by atoms with Crippen LogP contribution >= 0.6 is 0 Å². The zero-order valence-electron chi connectivity index (χ0n) is 12.9. The molecule has 2 aromatic rings. The molecule has 3 rings (SSSR count). The number of nitrogens with one attached hydrogen (secondary N) is 2. The minimum absolute atomic E-state index is 0.905. The van der Waals surface area contributed by atoms with Crippen molar-refractivity contribution in [1.29, 1.82) is 0 Å². The van der Waals surface area contributed by atoms with Crippen molar-refractivity contribution in [3.8, 4) is 0 Å². The van der Waals surface area contributed by atoms with Crippen LogP contribution in [0.3, 0.4) is 0 Å². The number of aryl methyl sites for hydroxylation is 1. The van der Waals surface area contributed by atoms with Gasteiger partial charge in [-0.15, -0.1) is 0 Å². The van der Waals surface area contributed by atoms with Gasteiger partial charge in [-0.3, -0.25) is 0 Å². The molecule has 0 fully saturated rings. The number of para-hydroxylation sites is 1. The Morgan fingerprint density at radius 3 is 2.68 bits per heavy atom. The molecule has 1 aliphatic heterocycles. The lowest BCUT2D eigenvalue weighted by Gasteiger charge is -2.16. The maximum atomic E-state index is 4.31. The maximum absolute atomic E-state index is 4.31. The predicted octanol–water partition coefficient (Wildman–Crippen LogP) is 5.07. The van der Waals surface area contributed by atoms with Gasteiger partial charge in [0.2, 0.25) is 0 Å². The molecule has 0 aromatic heterocycles. The fourth-order valence-corrected chi connectivity index (χ4v) is 2.81. The second kappa shape index (κ2) is 6.52. The number of anilines is 2. The average molecular weight is 290 g/mol. The number of hydrogen-bond acceptors (Lipinski definition) is 2. The standard InChI is InChI=1S/C20H22N2/c1-15(11-12-17-7-4-3-5-8-17)18-9-6-10-19-20(18)21-14-13-16(2)22-19/h3-10,21-22H,1-2,11-14H2. The molecule has 0 unspecified atom stereocenters. The van der Waals surface area contributed by atoms with E-state index in [1.165, 1.54) is 16.7 Å². The van der Waals surface area contributed by atoms with Crippen LogP contribution < -0.4 is 10.6 Å². The molecule has 1 aliphatic rings. The Bertz CT molecular complexity index is 686. The molecule has 22 heavy (non-hydrogen) atoms. The topological polar surface area (TPSA) is 24.1 Å². The molecule has 0 spiro atoms. The molecule has 0 saturated carbocycles. The number of allylic oxidation sites excluding steroid dienone is 1. The highest BCUT2D eigenvalue weighted by Gasteiger charge is 2.14. The SMILES string of the molecule is C=C1CCNc2c(cccc2C(=C)CCc2ccccc2)N1. The van der Waals surface area contributed by atoms with Gasteiger partial charge in [0.05, 0.1) is 11.4 Å². The van der Waals surface area contributed by atoms with Crippen LogP contribution in [0.4, 0.5) is 11.4 Å². The monoisotopic (exact) mass is 290 g/mol. The first-order valence-electron chi connectivity index (χ1n) is 7.78. The fourth-order valence-electron chi connectivity index (χ4n) is 2.81. The zero-order valence-corrected chi connectivity index (χ0v) is 12.9. The van der Waals surface area contributed by atoms with E-state index >= 15 is 0 Å². The van der Waals surface area contributed by atoms with Crippen LogP contribution in [0.25, 0.3) is 5.57 Å². The Hall–Kier alpha value is -2.48. The van der Waals surface area contributed by atoms with Crippen LogP contribution in [0.15, 0.2) is 67.4 Å². The highest BCUT2D eigenvalue weighted by molar-refractivity contribution is 5.85. The van der Waals surface area contributed by atoms with Crippen molar-refractivity contribution in [3.63, 3.8) is 0 Å². The van der Waals surface area contributed by atoms with Gasteiger partial charge < -0.3 is 10.6 Å². The normalized spacial score (nSPS) is 13.5. The Balaban J connectivity index is 1.78. The molecule has 0 amide bonds. The summed E-state index contributed by atoms with van der Waals surface area (Å²) in [4.78, 5) is 0. The summed E-state index contributed by atoms with van der Waals surface area (Å²) >= 11 is 0. The van der Waals surface area contributed by atoms with Gasteiger partial charge >= 0.3 is 0 Å². The van der Waals surface area contributed by atoms with Crippen molar-refractivity contribution >= 4 is 16.9 Å². The summed E-state index contributed by atoms with van der Waals surface area (Å²) < 4.78 is 0. The molecule has 112 valence electrons. The van der Waals surface area contributed by atoms with Gasteiger partial charge in [-0.05, 0) is 30.0 Å². The van der Waals surface area contributed by atoms with Crippen molar-refractivity contribution < 1.29 is 0 Å². The summed E-state index contributed by atoms with van der Waals surface area (Å²) in [6.45, 7) is 9.26. The number of rotatable bonds is 4. The van der Waals surface area contributed by atoms with Gasteiger partial charge in [0.1, 0.15) is 0 Å². The van der Waals surface area contributed by atoms with Gasteiger partial charge in [0.25, 0.3) is 0 Å². The molecule has 0 aliphatic carbocycles. The third-order valence-electron chi connectivity index (χ3n) is 4.04. The lowest BCUT2D eigenvalue weighted by molar-refractivity contribution is 1.01. The van der Waals surface area contributed by atoms with Gasteiger partial charge in [0.15, 0.2) is 0 Å². The van der Waals surface area contributed by atoms with Crippen molar-refractivity contribution in [1.82, 2.24) is 0 Å². The second-order valence-electron chi connectivity index (χ2n) is 5.72. The van der Waals surface area contributed by atoms with Crippen LogP contribution in [0.5, 0.6) is 0 Å². The number of benzene rings is 2. The molecule has 2 nitrogen and oxygen atoms in total. The van der Waals surface area contributed by atoms with Crippen molar-refractivity contribution in [2.75, 3.05) is 17.2 Å². The summed E-state index contributed by atoms with van der Waals surface area (Å²) in [6, 6.07) is 16.9. The fraction of sp³-hybridized carbons (Fsp3) is 0.200. The maximum Gasteiger partial charge on any atom is 0.0655 e. The quantitative estimate of drug-likeness (QED) is 0.821. The molecule has 0 atom stereocenters. The lowest BCUT2D eigenvalue weighted by atomic mass is 9.97. The van der Waals surface area contributed by atoms with E-state index in [2.05, 4.69) is 72.3 Å². The van der Waals surface area contributed by atoms with E-state index in [0.717, 1.165) is 42.9 Å². The number of fused-ring (bicyclic) bond motifs is 1. The summed E-state index contributed by atoms with van der Waals surface area (Å²) in [6.07, 6.45) is 2.91. The first-order valence-corrected chi connectivity index (χ1v) is 7.78. The van der Waals surface area contributed by atoms with E-state index < -0.39 is 0 Å². The van der Waals surface area contributed by atoms with Crippen LogP contribution in [0.2, 0.25) is 0 Å². The Labute approximate surface area is 132 Å². The van der Waals surface area contributed by atoms with Crippen molar-refractivity contribution in [2.24, 2.45) is 0 Å². The van der Waals surface area contributed by atoms with Crippen LogP contribution in [0.1, 0.15) is 24.0 Å². The molecule has 2 aromatic carbocycles. The van der Waals surface area contributed by atoms with E-state index in [9.17, 15) is 0 Å². The summed E-state index contributed by atoms with van der Waals surface area (Å²) in [5.41, 5.74) is 7.03. The zero-order chi connectivity index (χ0) is 15.4. The molecule has 1 heterocycles. The molecular weight excluding hydrogens is 268 g/mol. The lowest BCUT2D eigenvalue weighted by Crippen LogP contribution is -2.02. The minimum Gasteiger partial charge on any atom is -0.382 e. The van der Waals surface area contributed by atoms with Gasteiger partial charge in [0, 0.05) is 24.2 Å².